The monoisotopic (exact) mass is 418 g/mol. The van der Waals surface area contributed by atoms with E-state index in [0.717, 1.165) is 55.0 Å². The summed E-state index contributed by atoms with van der Waals surface area (Å²) >= 11 is 6.43. The van der Waals surface area contributed by atoms with Crippen LogP contribution in [0.4, 0.5) is 5.69 Å². The van der Waals surface area contributed by atoms with Crippen LogP contribution in [0.5, 0.6) is 5.75 Å². The highest BCUT2D eigenvalue weighted by Crippen LogP contribution is 2.40. The maximum absolute atomic E-state index is 7.52. The summed E-state index contributed by atoms with van der Waals surface area (Å²) in [5.41, 5.74) is 7.65. The Kier molecular flexibility index (Phi) is 4.77. The molecule has 30 heavy (non-hydrogen) atoms. The second kappa shape index (κ2) is 7.46. The molecule has 1 atom stereocenters. The van der Waals surface area contributed by atoms with Crippen molar-refractivity contribution in [3.63, 3.8) is 0 Å². The second-order valence-electron chi connectivity index (χ2n) is 8.03. The van der Waals surface area contributed by atoms with E-state index in [-0.39, 0.29) is 0 Å². The van der Waals surface area contributed by atoms with Crippen molar-refractivity contribution in [3.8, 4) is 11.4 Å². The Labute approximate surface area is 181 Å². The van der Waals surface area contributed by atoms with Gasteiger partial charge in [-0.25, -0.2) is 9.53 Å². The minimum atomic E-state index is 0.427. The highest BCUT2D eigenvalue weighted by molar-refractivity contribution is 6.32. The molecule has 2 aromatic carbocycles. The predicted octanol–water partition coefficient (Wildman–Crippen LogP) is 5.27. The average molecular weight is 419 g/mol. The summed E-state index contributed by atoms with van der Waals surface area (Å²) in [5.74, 6) is 0.888. The van der Waals surface area contributed by atoms with Gasteiger partial charge in [0, 0.05) is 30.4 Å². The van der Waals surface area contributed by atoms with E-state index in [4.69, 9.17) is 28.0 Å². The Bertz CT molecular complexity index is 1180. The van der Waals surface area contributed by atoms with Crippen molar-refractivity contribution in [3.05, 3.63) is 80.9 Å². The molecule has 1 aromatic heterocycles. The maximum Gasteiger partial charge on any atom is 0.192 e. The zero-order valence-electron chi connectivity index (χ0n) is 17.2. The number of methoxy groups -OCH3 is 1. The van der Waals surface area contributed by atoms with Gasteiger partial charge in [-0.05, 0) is 55.5 Å². The molecule has 2 aliphatic rings. The number of aryl methyl sites for hydroxylation is 1. The molecular weight excluding hydrogens is 396 g/mol. The highest BCUT2D eigenvalue weighted by atomic mass is 35.5. The van der Waals surface area contributed by atoms with Crippen LogP contribution in [0, 0.1) is 13.5 Å². The number of fused-ring (bicyclic) bond motifs is 2. The number of nitrogens with zero attached hydrogens (tertiary/aromatic N) is 4. The van der Waals surface area contributed by atoms with Gasteiger partial charge in [-0.3, -0.25) is 4.90 Å². The number of ether oxygens (including phenoxy) is 1. The van der Waals surface area contributed by atoms with E-state index >= 15 is 0 Å². The Morgan fingerprint density at radius 2 is 1.93 bits per heavy atom. The molecule has 0 amide bonds. The van der Waals surface area contributed by atoms with Crippen LogP contribution in [0.15, 0.2) is 36.4 Å². The number of hydrogen-bond acceptors (Lipinski definition) is 3. The third-order valence-corrected chi connectivity index (χ3v) is 6.82. The molecule has 0 N–H and O–H groups in total. The first-order valence-corrected chi connectivity index (χ1v) is 10.6. The van der Waals surface area contributed by atoms with E-state index in [9.17, 15) is 0 Å². The number of aromatic nitrogens is 2. The Morgan fingerprint density at radius 1 is 1.13 bits per heavy atom. The largest absolute Gasteiger partial charge is 0.497 e. The van der Waals surface area contributed by atoms with Crippen molar-refractivity contribution in [1.29, 1.82) is 0 Å². The Balaban J connectivity index is 1.43. The molecule has 0 radical (unpaired) electrons. The van der Waals surface area contributed by atoms with E-state index in [1.54, 1.807) is 7.11 Å². The number of hydrogen-bond donors (Lipinski definition) is 0. The first kappa shape index (κ1) is 19.2. The van der Waals surface area contributed by atoms with E-state index in [0.29, 0.717) is 11.1 Å². The Hall–Kier alpha value is -2.81. The minimum Gasteiger partial charge on any atom is -0.497 e. The number of benzene rings is 2. The first-order valence-electron chi connectivity index (χ1n) is 10.2. The van der Waals surface area contributed by atoms with Gasteiger partial charge >= 0.3 is 0 Å². The molecular formula is C24H23ClN4O. The summed E-state index contributed by atoms with van der Waals surface area (Å²) in [4.78, 5) is 6.23. The summed E-state index contributed by atoms with van der Waals surface area (Å²) in [6.07, 6.45) is 2.99. The lowest BCUT2D eigenvalue weighted by Gasteiger charge is -2.30. The van der Waals surface area contributed by atoms with Gasteiger partial charge in [0.2, 0.25) is 0 Å². The summed E-state index contributed by atoms with van der Waals surface area (Å²) in [6.45, 7) is 11.3. The van der Waals surface area contributed by atoms with Crippen molar-refractivity contribution < 1.29 is 4.74 Å². The van der Waals surface area contributed by atoms with Gasteiger partial charge in [0.05, 0.1) is 30.1 Å². The van der Waals surface area contributed by atoms with Crippen molar-refractivity contribution in [2.24, 2.45) is 0 Å². The third-order valence-electron chi connectivity index (χ3n) is 6.50. The second-order valence-corrected chi connectivity index (χ2v) is 8.44. The number of rotatable bonds is 3. The van der Waals surface area contributed by atoms with Crippen LogP contribution in [0.2, 0.25) is 5.02 Å². The fourth-order valence-electron chi connectivity index (χ4n) is 4.90. The molecule has 0 saturated carbocycles. The molecule has 0 saturated heterocycles. The normalized spacial score (nSPS) is 18.0. The minimum absolute atomic E-state index is 0.427. The molecule has 5 nitrogen and oxygen atoms in total. The van der Waals surface area contributed by atoms with Crippen LogP contribution >= 0.6 is 11.6 Å². The van der Waals surface area contributed by atoms with Gasteiger partial charge in [0.15, 0.2) is 5.69 Å². The van der Waals surface area contributed by atoms with Gasteiger partial charge in [-0.15, -0.1) is 0 Å². The van der Waals surface area contributed by atoms with Crippen molar-refractivity contribution in [2.75, 3.05) is 7.11 Å². The lowest BCUT2D eigenvalue weighted by molar-refractivity contribution is 0.180. The molecule has 0 bridgehead atoms. The topological polar surface area (TPSA) is 34.6 Å². The molecule has 1 aliphatic carbocycles. The maximum atomic E-state index is 7.52. The first-order chi connectivity index (χ1) is 14.6. The number of para-hydroxylation sites is 1. The molecule has 1 aliphatic heterocycles. The van der Waals surface area contributed by atoms with Crippen LogP contribution in [0.1, 0.15) is 34.5 Å². The molecule has 0 fully saturated rings. The van der Waals surface area contributed by atoms with Crippen molar-refractivity contribution in [1.82, 2.24) is 14.7 Å². The van der Waals surface area contributed by atoms with E-state index in [1.165, 1.54) is 22.5 Å². The van der Waals surface area contributed by atoms with Gasteiger partial charge in [0.1, 0.15) is 5.75 Å². The highest BCUT2D eigenvalue weighted by Gasteiger charge is 2.33. The molecule has 0 spiro atoms. The summed E-state index contributed by atoms with van der Waals surface area (Å²) in [6, 6.07) is 12.1. The fraction of sp³-hybridized carbons (Fsp3) is 0.333. The predicted molar refractivity (Wildman–Crippen MR) is 118 cm³/mol. The van der Waals surface area contributed by atoms with Crippen LogP contribution in [0.25, 0.3) is 10.5 Å². The van der Waals surface area contributed by atoms with Crippen LogP contribution in [0.3, 0.4) is 0 Å². The summed E-state index contributed by atoms with van der Waals surface area (Å²) in [7, 11) is 1.70. The van der Waals surface area contributed by atoms with Gasteiger partial charge < -0.3 is 4.74 Å². The van der Waals surface area contributed by atoms with Gasteiger partial charge in [-0.1, -0.05) is 29.8 Å². The lowest BCUT2D eigenvalue weighted by Crippen LogP contribution is -2.35. The van der Waals surface area contributed by atoms with E-state index in [2.05, 4.69) is 16.7 Å². The quantitative estimate of drug-likeness (QED) is 0.543. The zero-order valence-corrected chi connectivity index (χ0v) is 17.9. The molecule has 5 rings (SSSR count). The van der Waals surface area contributed by atoms with E-state index in [1.807, 2.05) is 41.1 Å². The van der Waals surface area contributed by atoms with Gasteiger partial charge in [0.25, 0.3) is 0 Å². The zero-order chi connectivity index (χ0) is 20.8. The van der Waals surface area contributed by atoms with Crippen molar-refractivity contribution in [2.45, 2.75) is 45.3 Å². The lowest BCUT2D eigenvalue weighted by atomic mass is 9.91. The number of halogens is 1. The fourth-order valence-corrected chi connectivity index (χ4v) is 5.11. The third kappa shape index (κ3) is 2.99. The van der Waals surface area contributed by atoms with E-state index < -0.39 is 0 Å². The summed E-state index contributed by atoms with van der Waals surface area (Å²) < 4.78 is 7.57. The SMILES string of the molecule is [C-]#[N+]c1ccc(OC)c2c1CN(C1CCc3nn(-c4ccccc4Cl)c(C)c3C1)C2. The average Bonchev–Trinajstić information content (AvgIpc) is 3.35. The smallest absolute Gasteiger partial charge is 0.192 e. The van der Waals surface area contributed by atoms with Crippen LogP contribution < -0.4 is 4.74 Å². The molecule has 6 heteroatoms. The molecule has 152 valence electrons. The summed E-state index contributed by atoms with van der Waals surface area (Å²) in [5, 5.41) is 5.60. The van der Waals surface area contributed by atoms with Crippen LogP contribution in [-0.4, -0.2) is 27.8 Å². The van der Waals surface area contributed by atoms with Crippen LogP contribution in [-0.2, 0) is 25.9 Å². The Morgan fingerprint density at radius 3 is 2.70 bits per heavy atom. The molecule has 1 unspecified atom stereocenters. The standard InChI is InChI=1S/C24H23ClN4O/c1-15-17-12-16(8-9-22(17)27-29(15)23-7-5-4-6-20(23)25)28-13-18-19(14-28)24(30-3)11-10-21(18)26-2/h4-7,10-11,16H,8-9,12-14H2,1,3H3. The van der Waals surface area contributed by atoms with Gasteiger partial charge in [-0.2, -0.15) is 5.10 Å². The molecule has 3 aromatic rings. The molecule has 2 heterocycles. The van der Waals surface area contributed by atoms with Crippen molar-refractivity contribution >= 4 is 17.3 Å².